The molecule has 1 atom stereocenters. The highest BCUT2D eigenvalue weighted by atomic mass is 35.7. The highest BCUT2D eigenvalue weighted by molar-refractivity contribution is 8.14. The van der Waals surface area contributed by atoms with Crippen molar-refractivity contribution in [3.8, 4) is 0 Å². The minimum Gasteiger partial charge on any atom is -0.316 e. The van der Waals surface area contributed by atoms with Crippen LogP contribution in [-0.2, 0) is 31.5 Å². The lowest BCUT2D eigenvalue weighted by Crippen LogP contribution is -2.27. The van der Waals surface area contributed by atoms with Gasteiger partial charge in [-0.15, -0.1) is 11.3 Å². The number of amides is 1. The lowest BCUT2D eigenvalue weighted by atomic mass is 9.85. The standard InChI is InChI=1S/C15H15ClF3NO4S2/c16-26(23,24)12-9-5-7(6-11(21)15(17,18)19)1-4-10(9)25-14(12)20-13(22)8-2-3-8/h7-8H,1-6H2,(H,20,22)/t7-/m0/s1. The molecule has 0 saturated heterocycles. The predicted octanol–water partition coefficient (Wildman–Crippen LogP) is 3.65. The number of Topliss-reactive ketones (excluding diaryl/α,β-unsaturated/α-hetero) is 1. The number of rotatable bonds is 5. The van der Waals surface area contributed by atoms with Crippen LogP contribution in [0.15, 0.2) is 4.90 Å². The van der Waals surface area contributed by atoms with Crippen molar-refractivity contribution in [3.05, 3.63) is 10.4 Å². The summed E-state index contributed by atoms with van der Waals surface area (Å²) >= 11 is 1.09. The van der Waals surface area contributed by atoms with E-state index in [0.717, 1.165) is 24.2 Å². The number of aryl methyl sites for hydroxylation is 1. The molecule has 1 N–H and O–H groups in total. The Balaban J connectivity index is 1.87. The maximum atomic E-state index is 12.5. The van der Waals surface area contributed by atoms with Gasteiger partial charge < -0.3 is 5.32 Å². The molecular formula is C15H15ClF3NO4S2. The van der Waals surface area contributed by atoms with Gasteiger partial charge in [-0.3, -0.25) is 9.59 Å². The Morgan fingerprint density at radius 3 is 2.42 bits per heavy atom. The molecule has 1 heterocycles. The van der Waals surface area contributed by atoms with E-state index in [9.17, 15) is 31.2 Å². The van der Waals surface area contributed by atoms with E-state index in [2.05, 4.69) is 5.32 Å². The van der Waals surface area contributed by atoms with Gasteiger partial charge in [-0.05, 0) is 43.6 Å². The molecule has 0 spiro atoms. The predicted molar refractivity (Wildman–Crippen MR) is 89.9 cm³/mol. The van der Waals surface area contributed by atoms with E-state index in [1.165, 1.54) is 0 Å². The molecule has 0 aliphatic heterocycles. The molecule has 11 heteroatoms. The third-order valence-electron chi connectivity index (χ3n) is 4.53. The van der Waals surface area contributed by atoms with E-state index < -0.39 is 33.3 Å². The normalized spacial score (nSPS) is 20.5. The van der Waals surface area contributed by atoms with Crippen molar-refractivity contribution in [2.24, 2.45) is 11.8 Å². The zero-order chi connectivity index (χ0) is 19.3. The second kappa shape index (κ2) is 6.79. The van der Waals surface area contributed by atoms with Crippen LogP contribution in [0.25, 0.3) is 0 Å². The van der Waals surface area contributed by atoms with Gasteiger partial charge >= 0.3 is 6.18 Å². The molecule has 1 amide bonds. The summed E-state index contributed by atoms with van der Waals surface area (Å²) in [7, 11) is 1.33. The van der Waals surface area contributed by atoms with Gasteiger partial charge in [-0.25, -0.2) is 8.42 Å². The largest absolute Gasteiger partial charge is 0.449 e. The van der Waals surface area contributed by atoms with E-state index >= 15 is 0 Å². The number of anilines is 1. The number of ketones is 1. The first-order chi connectivity index (χ1) is 12.0. The monoisotopic (exact) mass is 429 g/mol. The first kappa shape index (κ1) is 19.6. The number of hydrogen-bond acceptors (Lipinski definition) is 5. The number of fused-ring (bicyclic) bond motifs is 1. The maximum absolute atomic E-state index is 12.5. The molecule has 1 aromatic heterocycles. The van der Waals surface area contributed by atoms with Crippen LogP contribution < -0.4 is 5.32 Å². The van der Waals surface area contributed by atoms with Crippen LogP contribution in [0.4, 0.5) is 18.2 Å². The van der Waals surface area contributed by atoms with Crippen molar-refractivity contribution in [1.29, 1.82) is 0 Å². The first-order valence-electron chi connectivity index (χ1n) is 7.97. The molecular weight excluding hydrogens is 415 g/mol. The van der Waals surface area contributed by atoms with E-state index in [4.69, 9.17) is 10.7 Å². The molecule has 1 saturated carbocycles. The maximum Gasteiger partial charge on any atom is 0.449 e. The van der Waals surface area contributed by atoms with Crippen LogP contribution in [0.3, 0.4) is 0 Å². The molecule has 0 aromatic carbocycles. The van der Waals surface area contributed by atoms with E-state index in [1.54, 1.807) is 0 Å². The zero-order valence-electron chi connectivity index (χ0n) is 13.4. The number of alkyl halides is 3. The molecule has 144 valence electrons. The number of carbonyl (C=O) groups is 2. The summed E-state index contributed by atoms with van der Waals surface area (Å²) in [5.74, 6) is -2.86. The summed E-state index contributed by atoms with van der Waals surface area (Å²) < 4.78 is 61.5. The molecule has 0 bridgehead atoms. The zero-order valence-corrected chi connectivity index (χ0v) is 15.7. The van der Waals surface area contributed by atoms with Crippen LogP contribution in [0.5, 0.6) is 0 Å². The number of carbonyl (C=O) groups excluding carboxylic acids is 2. The quantitative estimate of drug-likeness (QED) is 0.724. The van der Waals surface area contributed by atoms with Crippen molar-refractivity contribution in [3.63, 3.8) is 0 Å². The van der Waals surface area contributed by atoms with E-state index in [0.29, 0.717) is 23.3 Å². The fraction of sp³-hybridized carbons (Fsp3) is 0.600. The second-order valence-electron chi connectivity index (χ2n) is 6.60. The number of hydrogen-bond donors (Lipinski definition) is 1. The van der Waals surface area contributed by atoms with Crippen molar-refractivity contribution in [1.82, 2.24) is 0 Å². The lowest BCUT2D eigenvalue weighted by Gasteiger charge is -2.22. The molecule has 26 heavy (non-hydrogen) atoms. The highest BCUT2D eigenvalue weighted by Gasteiger charge is 2.41. The van der Waals surface area contributed by atoms with Crippen LogP contribution in [0.2, 0.25) is 0 Å². The third-order valence-corrected chi connectivity index (χ3v) is 7.27. The van der Waals surface area contributed by atoms with Gasteiger partial charge in [0, 0.05) is 27.9 Å². The average Bonchev–Trinajstić information content (AvgIpc) is 3.27. The summed E-state index contributed by atoms with van der Waals surface area (Å²) in [6, 6.07) is 0. The molecule has 2 aliphatic carbocycles. The minimum atomic E-state index is -4.90. The van der Waals surface area contributed by atoms with Gasteiger partial charge in [0.2, 0.25) is 11.7 Å². The number of halogens is 4. The topological polar surface area (TPSA) is 80.3 Å². The summed E-state index contributed by atoms with van der Waals surface area (Å²) in [5.41, 5.74) is 0.322. The Hall–Kier alpha value is -1.13. The molecule has 1 fully saturated rings. The van der Waals surface area contributed by atoms with Gasteiger partial charge in [0.25, 0.3) is 9.05 Å². The van der Waals surface area contributed by atoms with Crippen molar-refractivity contribution in [2.45, 2.75) is 49.6 Å². The van der Waals surface area contributed by atoms with Crippen LogP contribution in [0.1, 0.15) is 36.1 Å². The molecule has 3 rings (SSSR count). The highest BCUT2D eigenvalue weighted by Crippen LogP contribution is 2.45. The van der Waals surface area contributed by atoms with Crippen molar-refractivity contribution >= 4 is 47.8 Å². The Labute approximate surface area is 156 Å². The molecule has 0 unspecified atom stereocenters. The van der Waals surface area contributed by atoms with Crippen LogP contribution in [0, 0.1) is 11.8 Å². The van der Waals surface area contributed by atoms with E-state index in [-0.39, 0.29) is 28.1 Å². The van der Waals surface area contributed by atoms with Gasteiger partial charge in [0.1, 0.15) is 9.90 Å². The van der Waals surface area contributed by atoms with E-state index in [1.807, 2.05) is 0 Å². The number of thiophene rings is 1. The Bertz CT molecular complexity index is 859. The SMILES string of the molecule is O=C(Nc1sc2c(c1S(=O)(=O)Cl)C[C@@H](CC(=O)C(F)(F)F)CC2)C1CC1. The Morgan fingerprint density at radius 2 is 1.88 bits per heavy atom. The fourth-order valence-electron chi connectivity index (χ4n) is 3.08. The van der Waals surface area contributed by atoms with Crippen LogP contribution >= 0.6 is 22.0 Å². The minimum absolute atomic E-state index is 0.00817. The first-order valence-corrected chi connectivity index (χ1v) is 11.1. The van der Waals surface area contributed by atoms with Gasteiger partial charge in [-0.2, -0.15) is 13.2 Å². The Morgan fingerprint density at radius 1 is 1.23 bits per heavy atom. The van der Waals surface area contributed by atoms with Gasteiger partial charge in [0.05, 0.1) is 0 Å². The molecule has 2 aliphatic rings. The van der Waals surface area contributed by atoms with Gasteiger partial charge in [-0.1, -0.05) is 0 Å². The lowest BCUT2D eigenvalue weighted by molar-refractivity contribution is -0.172. The average molecular weight is 430 g/mol. The summed E-state index contributed by atoms with van der Waals surface area (Å²) in [5, 5.41) is 2.70. The smallest absolute Gasteiger partial charge is 0.316 e. The molecule has 1 aromatic rings. The second-order valence-corrected chi connectivity index (χ2v) is 10.2. The van der Waals surface area contributed by atoms with Crippen molar-refractivity contribution in [2.75, 3.05) is 5.32 Å². The molecule has 0 radical (unpaired) electrons. The van der Waals surface area contributed by atoms with Crippen molar-refractivity contribution < 1.29 is 31.2 Å². The van der Waals surface area contributed by atoms with Gasteiger partial charge in [0.15, 0.2) is 0 Å². The molecule has 5 nitrogen and oxygen atoms in total. The van der Waals surface area contributed by atoms with Crippen LogP contribution in [-0.4, -0.2) is 26.3 Å². The third kappa shape index (κ3) is 4.23. The number of nitrogens with one attached hydrogen (secondary N) is 1. The summed E-state index contributed by atoms with van der Waals surface area (Å²) in [4.78, 5) is 23.6. The Kier molecular flexibility index (Phi) is 5.13. The summed E-state index contributed by atoms with van der Waals surface area (Å²) in [6.45, 7) is 0. The summed E-state index contributed by atoms with van der Waals surface area (Å²) in [6.07, 6.45) is -3.43. The fourth-order valence-corrected chi connectivity index (χ4v) is 6.16.